The van der Waals surface area contributed by atoms with Crippen molar-refractivity contribution in [2.45, 2.75) is 39.5 Å². The molecule has 7 nitrogen and oxygen atoms in total. The van der Waals surface area contributed by atoms with Crippen molar-refractivity contribution in [3.8, 4) is 0 Å². The van der Waals surface area contributed by atoms with Gasteiger partial charge in [0.2, 0.25) is 0 Å². The number of nitro benzene ring substituents is 1. The SMILES string of the molecule is CCC1CCc2c(sc(NC(=O)c3ccc(C)c([N+](=O)[O-])c3)c2C(=O)OC)C1. The Kier molecular flexibility index (Phi) is 5.79. The molecule has 0 radical (unpaired) electrons. The second-order valence-electron chi connectivity index (χ2n) is 6.93. The summed E-state index contributed by atoms with van der Waals surface area (Å²) in [4.78, 5) is 36.8. The zero-order valence-electron chi connectivity index (χ0n) is 16.0. The molecule has 1 aromatic heterocycles. The van der Waals surface area contributed by atoms with Gasteiger partial charge in [-0.05, 0) is 43.7 Å². The Morgan fingerprint density at radius 1 is 1.39 bits per heavy atom. The topological polar surface area (TPSA) is 98.5 Å². The predicted octanol–water partition coefficient (Wildman–Crippen LogP) is 4.52. The number of nitro groups is 1. The quantitative estimate of drug-likeness (QED) is 0.450. The molecular weight excluding hydrogens is 380 g/mol. The minimum Gasteiger partial charge on any atom is -0.465 e. The molecule has 1 aliphatic rings. The van der Waals surface area contributed by atoms with Crippen LogP contribution in [0.4, 0.5) is 10.7 Å². The first-order chi connectivity index (χ1) is 13.3. The molecule has 0 bridgehead atoms. The number of rotatable bonds is 5. The summed E-state index contributed by atoms with van der Waals surface area (Å²) >= 11 is 1.39. The second kappa shape index (κ2) is 8.10. The number of esters is 1. The number of methoxy groups -OCH3 is 1. The number of ether oxygens (including phenoxy) is 1. The average molecular weight is 402 g/mol. The van der Waals surface area contributed by atoms with Crippen LogP contribution in [0.3, 0.4) is 0 Å². The molecule has 1 aliphatic carbocycles. The molecule has 1 heterocycles. The number of nitrogens with one attached hydrogen (secondary N) is 1. The van der Waals surface area contributed by atoms with E-state index in [1.165, 1.54) is 30.6 Å². The minimum atomic E-state index is -0.513. The molecule has 1 atom stereocenters. The van der Waals surface area contributed by atoms with Crippen LogP contribution in [0.25, 0.3) is 0 Å². The number of carbonyl (C=O) groups excluding carboxylic acids is 2. The van der Waals surface area contributed by atoms with Crippen molar-refractivity contribution in [1.82, 2.24) is 0 Å². The predicted molar refractivity (Wildman–Crippen MR) is 107 cm³/mol. The molecule has 2 aromatic rings. The third kappa shape index (κ3) is 3.77. The number of anilines is 1. The molecule has 1 amide bonds. The third-order valence-electron chi connectivity index (χ3n) is 5.23. The van der Waals surface area contributed by atoms with Crippen LogP contribution in [-0.2, 0) is 17.6 Å². The highest BCUT2D eigenvalue weighted by atomic mass is 32.1. The maximum Gasteiger partial charge on any atom is 0.341 e. The largest absolute Gasteiger partial charge is 0.465 e. The average Bonchev–Trinajstić information content (AvgIpc) is 3.04. The molecule has 0 spiro atoms. The molecule has 1 N–H and O–H groups in total. The zero-order chi connectivity index (χ0) is 20.4. The van der Waals surface area contributed by atoms with Crippen LogP contribution in [0.1, 0.15) is 56.5 Å². The first kappa shape index (κ1) is 20.0. The van der Waals surface area contributed by atoms with E-state index < -0.39 is 16.8 Å². The normalized spacial score (nSPS) is 15.6. The fourth-order valence-corrected chi connectivity index (χ4v) is 4.88. The summed E-state index contributed by atoms with van der Waals surface area (Å²) in [6, 6.07) is 4.33. The Morgan fingerprint density at radius 3 is 2.79 bits per heavy atom. The van der Waals surface area contributed by atoms with Gasteiger partial charge in [-0.3, -0.25) is 14.9 Å². The van der Waals surface area contributed by atoms with Gasteiger partial charge in [0, 0.05) is 22.1 Å². The Labute approximate surface area is 166 Å². The van der Waals surface area contributed by atoms with Gasteiger partial charge in [0.25, 0.3) is 11.6 Å². The first-order valence-corrected chi connectivity index (χ1v) is 9.96. The summed E-state index contributed by atoms with van der Waals surface area (Å²) in [7, 11) is 1.32. The van der Waals surface area contributed by atoms with Gasteiger partial charge in [0.1, 0.15) is 5.00 Å². The molecule has 8 heteroatoms. The molecule has 148 valence electrons. The summed E-state index contributed by atoms with van der Waals surface area (Å²) in [5.41, 5.74) is 1.90. The van der Waals surface area contributed by atoms with Crippen LogP contribution < -0.4 is 5.32 Å². The van der Waals surface area contributed by atoms with Gasteiger partial charge in [-0.25, -0.2) is 4.79 Å². The molecule has 0 aliphatic heterocycles. The van der Waals surface area contributed by atoms with Crippen molar-refractivity contribution < 1.29 is 19.2 Å². The van der Waals surface area contributed by atoms with Crippen LogP contribution in [0.15, 0.2) is 18.2 Å². The Bertz CT molecular complexity index is 950. The molecule has 0 saturated heterocycles. The molecule has 1 unspecified atom stereocenters. The van der Waals surface area contributed by atoms with Gasteiger partial charge in [0.05, 0.1) is 17.6 Å². The standard InChI is InChI=1S/C20H22N2O5S/c1-4-12-6-8-14-16(9-12)28-19(17(14)20(24)27-3)21-18(23)13-7-5-11(2)15(10-13)22(25)26/h5,7,10,12H,4,6,8-9H2,1-3H3,(H,21,23). The summed E-state index contributed by atoms with van der Waals surface area (Å²) in [5.74, 6) is -0.392. The van der Waals surface area contributed by atoms with Crippen molar-refractivity contribution in [2.24, 2.45) is 5.92 Å². The summed E-state index contributed by atoms with van der Waals surface area (Å²) < 4.78 is 4.94. The molecule has 3 rings (SSSR count). The van der Waals surface area contributed by atoms with Gasteiger partial charge in [-0.1, -0.05) is 19.4 Å². The van der Waals surface area contributed by atoms with E-state index in [-0.39, 0.29) is 11.3 Å². The number of thiophene rings is 1. The van der Waals surface area contributed by atoms with Crippen molar-refractivity contribution in [1.29, 1.82) is 0 Å². The summed E-state index contributed by atoms with van der Waals surface area (Å²) in [5, 5.41) is 14.4. The van der Waals surface area contributed by atoms with Crippen molar-refractivity contribution in [3.63, 3.8) is 0 Å². The van der Waals surface area contributed by atoms with E-state index in [1.807, 2.05) is 0 Å². The number of hydrogen-bond acceptors (Lipinski definition) is 6. The Hall–Kier alpha value is -2.74. The van der Waals surface area contributed by atoms with Crippen LogP contribution in [0.2, 0.25) is 0 Å². The summed E-state index contributed by atoms with van der Waals surface area (Å²) in [6.45, 7) is 3.77. The monoisotopic (exact) mass is 402 g/mol. The molecule has 0 fully saturated rings. The Balaban J connectivity index is 1.95. The minimum absolute atomic E-state index is 0.114. The zero-order valence-corrected chi connectivity index (χ0v) is 16.9. The van der Waals surface area contributed by atoms with E-state index in [4.69, 9.17) is 4.74 Å². The van der Waals surface area contributed by atoms with Crippen molar-refractivity contribution in [3.05, 3.63) is 55.4 Å². The fourth-order valence-electron chi connectivity index (χ4n) is 3.53. The van der Waals surface area contributed by atoms with Crippen molar-refractivity contribution >= 4 is 33.9 Å². The highest BCUT2D eigenvalue weighted by molar-refractivity contribution is 7.17. The lowest BCUT2D eigenvalue weighted by Crippen LogP contribution is -2.16. The summed E-state index contributed by atoms with van der Waals surface area (Å²) in [6.07, 6.45) is 3.73. The number of nitrogens with zero attached hydrogens (tertiary/aromatic N) is 1. The maximum absolute atomic E-state index is 12.7. The number of benzene rings is 1. The van der Waals surface area contributed by atoms with E-state index >= 15 is 0 Å². The van der Waals surface area contributed by atoms with Gasteiger partial charge in [-0.2, -0.15) is 0 Å². The number of fused-ring (bicyclic) bond motifs is 1. The van der Waals surface area contributed by atoms with E-state index in [2.05, 4.69) is 12.2 Å². The van der Waals surface area contributed by atoms with E-state index in [9.17, 15) is 19.7 Å². The maximum atomic E-state index is 12.7. The van der Waals surface area contributed by atoms with E-state index in [0.29, 0.717) is 22.0 Å². The molecule has 0 saturated carbocycles. The number of hydrogen-bond donors (Lipinski definition) is 1. The van der Waals surface area contributed by atoms with Crippen LogP contribution in [-0.4, -0.2) is 23.9 Å². The third-order valence-corrected chi connectivity index (χ3v) is 6.40. The van der Waals surface area contributed by atoms with Crippen LogP contribution in [0.5, 0.6) is 0 Å². The highest BCUT2D eigenvalue weighted by Gasteiger charge is 2.30. The lowest BCUT2D eigenvalue weighted by molar-refractivity contribution is -0.385. The van der Waals surface area contributed by atoms with Crippen molar-refractivity contribution in [2.75, 3.05) is 12.4 Å². The van der Waals surface area contributed by atoms with Gasteiger partial charge in [0.15, 0.2) is 0 Å². The lowest BCUT2D eigenvalue weighted by atomic mass is 9.85. The van der Waals surface area contributed by atoms with Gasteiger partial charge in [-0.15, -0.1) is 11.3 Å². The van der Waals surface area contributed by atoms with Crippen LogP contribution in [0, 0.1) is 23.0 Å². The number of amides is 1. The first-order valence-electron chi connectivity index (χ1n) is 9.14. The molecule has 1 aromatic carbocycles. The number of aryl methyl sites for hydroxylation is 1. The van der Waals surface area contributed by atoms with Gasteiger partial charge >= 0.3 is 5.97 Å². The lowest BCUT2D eigenvalue weighted by Gasteiger charge is -2.20. The van der Waals surface area contributed by atoms with Gasteiger partial charge < -0.3 is 10.1 Å². The Morgan fingerprint density at radius 2 is 2.14 bits per heavy atom. The smallest absolute Gasteiger partial charge is 0.341 e. The highest BCUT2D eigenvalue weighted by Crippen LogP contribution is 2.41. The molecule has 28 heavy (non-hydrogen) atoms. The van der Waals surface area contributed by atoms with Crippen LogP contribution >= 0.6 is 11.3 Å². The second-order valence-corrected chi connectivity index (χ2v) is 8.03. The number of carbonyl (C=O) groups is 2. The molecular formula is C20H22N2O5S. The fraction of sp³-hybridized carbons (Fsp3) is 0.400. The van der Waals surface area contributed by atoms with E-state index in [1.54, 1.807) is 13.0 Å². The van der Waals surface area contributed by atoms with E-state index in [0.717, 1.165) is 36.1 Å².